The van der Waals surface area contributed by atoms with E-state index >= 15 is 24.0 Å². The van der Waals surface area contributed by atoms with Gasteiger partial charge in [-0.2, -0.15) is 0 Å². The Labute approximate surface area is 756 Å². The van der Waals surface area contributed by atoms with Crippen LogP contribution in [-0.4, -0.2) is 226 Å². The average molecular weight is 1870 g/mol. The van der Waals surface area contributed by atoms with Crippen molar-refractivity contribution in [2.75, 3.05) is 60.5 Å². The van der Waals surface area contributed by atoms with Crippen molar-refractivity contribution in [1.82, 2.24) is 58.5 Å². The largest absolute Gasteiger partial charge is 0.391 e. The molecule has 1 fully saturated rings. The minimum absolute atomic E-state index is 0.141. The minimum atomic E-state index is -2.14. The van der Waals surface area contributed by atoms with Gasteiger partial charge in [-0.05, 0) is 113 Å². The number of benzene rings is 5. The van der Waals surface area contributed by atoms with Gasteiger partial charge in [0.25, 0.3) is 45.5 Å². The van der Waals surface area contributed by atoms with Crippen LogP contribution >= 0.6 is 0 Å². The molecule has 0 radical (unpaired) electrons. The van der Waals surface area contributed by atoms with Crippen LogP contribution < -0.4 is 85.5 Å². The van der Waals surface area contributed by atoms with Crippen LogP contribution in [0.3, 0.4) is 0 Å². The van der Waals surface area contributed by atoms with Crippen molar-refractivity contribution < 1.29 is 102 Å². The van der Waals surface area contributed by atoms with Gasteiger partial charge < -0.3 is 95.7 Å². The molecule has 0 saturated carbocycles. The first-order valence-corrected chi connectivity index (χ1v) is 42.0. The molecule has 53 heteroatoms. The highest BCUT2D eigenvalue weighted by atomic mass is 16.7. The third-order valence-corrected chi connectivity index (χ3v) is 21.0. The number of unbranched alkanes of at least 4 members (excludes halogenated alkanes) is 1. The quantitative estimate of drug-likeness (QED) is 0.0151. The van der Waals surface area contributed by atoms with Gasteiger partial charge in [0.15, 0.2) is 0 Å². The van der Waals surface area contributed by atoms with Gasteiger partial charge in [0.05, 0.1) is 75.9 Å². The molecule has 720 valence electrons. The molecular weight excluding hydrogens is 1760 g/mol. The van der Waals surface area contributed by atoms with Crippen molar-refractivity contribution in [2.24, 2.45) is 17.6 Å². The van der Waals surface area contributed by atoms with Crippen molar-refractivity contribution in [1.29, 1.82) is 0 Å². The Hall–Kier alpha value is -15.5. The second-order valence-electron chi connectivity index (χ2n) is 31.5. The van der Waals surface area contributed by atoms with Crippen molar-refractivity contribution in [3.8, 4) is 0 Å². The summed E-state index contributed by atoms with van der Waals surface area (Å²) in [6.07, 6.45) is -5.96. The number of anilines is 4. The van der Waals surface area contributed by atoms with E-state index in [0.717, 1.165) is 75.2 Å². The van der Waals surface area contributed by atoms with Crippen molar-refractivity contribution in [3.63, 3.8) is 0 Å². The van der Waals surface area contributed by atoms with Crippen LogP contribution in [0.25, 0.3) is 0 Å². The second kappa shape index (κ2) is 51.7. The molecule has 1 heterocycles. The van der Waals surface area contributed by atoms with Crippen molar-refractivity contribution >= 4 is 133 Å². The molecule has 19 N–H and O–H groups in total. The number of non-ortho nitro benzene ring substituents is 4. The highest BCUT2D eigenvalue weighted by Gasteiger charge is 2.40. The highest BCUT2D eigenvalue weighted by Crippen LogP contribution is 2.33. The second-order valence-corrected chi connectivity index (χ2v) is 31.5. The molecular formula is C80H106N24O29. The van der Waals surface area contributed by atoms with Gasteiger partial charge in [-0.15, -0.1) is 0 Å². The number of hydrogen-bond acceptors (Lipinski definition) is 34. The van der Waals surface area contributed by atoms with Gasteiger partial charge in [0, 0.05) is 69.8 Å². The number of amides is 11. The molecule has 0 spiro atoms. The number of carbonyl (C=O) groups excluding carboxylic acids is 11. The third-order valence-electron chi connectivity index (χ3n) is 21.0. The first kappa shape index (κ1) is 106. The van der Waals surface area contributed by atoms with Gasteiger partial charge in [0.2, 0.25) is 65.0 Å². The maximum atomic E-state index is 15.4. The SMILES string of the molecule is CCC(C)CCCCC(=O)N[C@@H](CCNc1ccc([N+](=O)[O-])cc1[N+](=O)[O-])C(=O)N[C@@H](C(=O)N[C@@H](CCNc1ccc([N+](=O)[O-])cc1[N+](=O)[O-])C(=O)N[C@H]1CCNC(=O)[C@@H]([C@@H](C)O)NC(=O)[C@H](CCNc2ccc([N+](=O)[O-])cc2[N+](=O)[O-])NC(=O)[C@H](CCNc2ccc([N+](=O)[O-])cc2[N+](=O)[O-])NC(=O)[C@H](CC(C)C)NC(=O)[C@@H](Cc2ccccc2)NC(=O)[C@H](CCN)NC1=O)[C@@H](C)O. The van der Waals surface area contributed by atoms with E-state index in [0.29, 0.717) is 48.6 Å². The van der Waals surface area contributed by atoms with E-state index in [1.165, 1.54) is 0 Å². The smallest absolute Gasteiger partial charge is 0.299 e. The Bertz CT molecular complexity index is 5090. The van der Waals surface area contributed by atoms with Crippen molar-refractivity contribution in [3.05, 3.63) is 190 Å². The number of nitrogens with two attached hydrogens (primary N) is 1. The molecule has 0 aliphatic carbocycles. The van der Waals surface area contributed by atoms with Crippen LogP contribution in [-0.2, 0) is 59.2 Å². The Morgan fingerprint density at radius 1 is 0.444 bits per heavy atom. The first-order valence-electron chi connectivity index (χ1n) is 42.0. The highest BCUT2D eigenvalue weighted by molar-refractivity contribution is 6.00. The summed E-state index contributed by atoms with van der Waals surface area (Å²) in [6, 6.07) is -1.26. The van der Waals surface area contributed by atoms with Gasteiger partial charge >= 0.3 is 0 Å². The van der Waals surface area contributed by atoms with Crippen LogP contribution in [0.1, 0.15) is 124 Å². The topological polar surface area (TPSA) is 780 Å². The van der Waals surface area contributed by atoms with Crippen LogP contribution in [0.2, 0.25) is 0 Å². The van der Waals surface area contributed by atoms with Crippen LogP contribution in [0.4, 0.5) is 68.2 Å². The molecule has 0 aromatic heterocycles. The molecule has 0 bridgehead atoms. The predicted molar refractivity (Wildman–Crippen MR) is 473 cm³/mol. The Kier molecular flexibility index (Phi) is 41.3. The fourth-order valence-corrected chi connectivity index (χ4v) is 13.6. The predicted octanol–water partition coefficient (Wildman–Crippen LogP) is 2.63. The molecule has 53 nitrogen and oxygen atoms in total. The number of carbonyl (C=O) groups is 11. The fraction of sp³-hybridized carbons (Fsp3) is 0.487. The zero-order valence-corrected chi connectivity index (χ0v) is 72.9. The number of nitro benzene ring substituents is 8. The van der Waals surface area contributed by atoms with E-state index in [4.69, 9.17) is 5.73 Å². The molecule has 13 atom stereocenters. The summed E-state index contributed by atoms with van der Waals surface area (Å²) in [7, 11) is 0. The van der Waals surface area contributed by atoms with Gasteiger partial charge in [-0.25, -0.2) is 0 Å². The number of nitrogens with zero attached hydrogens (tertiary/aromatic N) is 8. The summed E-state index contributed by atoms with van der Waals surface area (Å²) >= 11 is 0. The maximum Gasteiger partial charge on any atom is 0.299 e. The lowest BCUT2D eigenvalue weighted by Crippen LogP contribution is -2.62. The molecule has 6 rings (SSSR count). The summed E-state index contributed by atoms with van der Waals surface area (Å²) in [5.41, 5.74) is -0.961. The number of nitrogens with one attached hydrogen (secondary N) is 15. The minimum Gasteiger partial charge on any atom is -0.391 e. The van der Waals surface area contributed by atoms with Crippen LogP contribution in [0.15, 0.2) is 103 Å². The lowest BCUT2D eigenvalue weighted by molar-refractivity contribution is -0.393. The number of aliphatic hydroxyl groups excluding tert-OH is 2. The Balaban J connectivity index is 1.47. The Morgan fingerprint density at radius 2 is 0.842 bits per heavy atom. The van der Waals surface area contributed by atoms with Crippen LogP contribution in [0, 0.1) is 92.8 Å². The third kappa shape index (κ3) is 33.2. The zero-order chi connectivity index (χ0) is 98.6. The number of hydrogen-bond donors (Lipinski definition) is 18. The van der Waals surface area contributed by atoms with Crippen LogP contribution in [0.5, 0.6) is 0 Å². The van der Waals surface area contributed by atoms with Gasteiger partial charge in [-0.3, -0.25) is 134 Å². The lowest BCUT2D eigenvalue weighted by atomic mass is 10.00. The van der Waals surface area contributed by atoms with E-state index in [-0.39, 0.29) is 36.3 Å². The van der Waals surface area contributed by atoms with Gasteiger partial charge in [0.1, 0.15) is 83.2 Å². The normalized spacial score (nSPS) is 18.5. The molecule has 1 aliphatic heterocycles. The standard InChI is InChI=1S/C80H106N24O29/c1-7-44(4)13-11-12-16-68(107)87-57(26-32-82-52-21-17-48(97(118)119)39-64(52)101(126)127)75(112)96-70(46(6)106)80(117)92-60(28-34-84-54-23-19-50(99(122)123)41-66(54)103(130)131)74(111)89-59-30-36-86-79(116)69(45(5)105)95-76(113)61(29-35-85-55-24-20-51(100(124)125)42-67(55)104(132)133)90-73(110)58(27-33-83-53-22-18-49(98(120)121)40-65(53)102(128)129)91-77(114)62(37-43(2)3)93-78(115)63(38-47-14-9-8-10-15-47)94-71(108)56(25-31-81)88-72(59)109/h8-10,14-15,17-24,39-46,56-63,69-70,82-85,105-106H,7,11-13,16,25-38,81H2,1-6H3,(H,86,116)(H,87,107)(H,88,109)(H,89,111)(H,90,110)(H,91,114)(H,92,117)(H,93,115)(H,94,108)(H,95,113)(H,96,112)/t44?,45-,46-,56+,57+,58+,59+,60+,61+,62+,63-,69-,70-/m1/s1. The Morgan fingerprint density at radius 3 is 1.26 bits per heavy atom. The van der Waals surface area contributed by atoms with Gasteiger partial charge in [-0.1, -0.05) is 77.3 Å². The zero-order valence-electron chi connectivity index (χ0n) is 72.9. The van der Waals surface area contributed by atoms with Crippen molar-refractivity contribution in [2.45, 2.75) is 198 Å². The summed E-state index contributed by atoms with van der Waals surface area (Å²) in [5.74, 6) is -13.6. The fourth-order valence-electron chi connectivity index (χ4n) is 13.6. The molecule has 11 amide bonds. The summed E-state index contributed by atoms with van der Waals surface area (Å²) in [4.78, 5) is 252. The molecule has 1 unspecified atom stereocenters. The molecule has 1 aliphatic rings. The van der Waals surface area contributed by atoms with E-state index < -0.39 is 312 Å². The average Bonchev–Trinajstić information content (AvgIpc) is 1.37. The summed E-state index contributed by atoms with van der Waals surface area (Å²) < 4.78 is 0. The van der Waals surface area contributed by atoms with E-state index in [1.807, 2.05) is 13.8 Å². The number of rotatable bonds is 45. The molecule has 1 saturated heterocycles. The lowest BCUT2D eigenvalue weighted by Gasteiger charge is -2.29. The van der Waals surface area contributed by atoms with E-state index in [1.54, 1.807) is 44.2 Å². The molecule has 5 aromatic carbocycles. The maximum absolute atomic E-state index is 15.4. The number of nitro groups is 8. The first-order chi connectivity index (χ1) is 62.9. The molecule has 5 aromatic rings. The van der Waals surface area contributed by atoms with E-state index in [2.05, 4.69) is 79.8 Å². The monoisotopic (exact) mass is 1870 g/mol. The number of aliphatic hydroxyl groups is 2. The van der Waals surface area contributed by atoms with E-state index in [9.17, 15) is 120 Å². The summed E-state index contributed by atoms with van der Waals surface area (Å²) in [6.45, 7) is 5.86. The summed E-state index contributed by atoms with van der Waals surface area (Å²) in [5, 5.41) is 156. The molecule has 133 heavy (non-hydrogen) atoms.